The van der Waals surface area contributed by atoms with Crippen LogP contribution < -0.4 is 15.4 Å². The number of benzene rings is 1. The number of carbonyl (C=O) groups is 1. The largest absolute Gasteiger partial charge is 0.495 e. The summed E-state index contributed by atoms with van der Waals surface area (Å²) in [5, 5.41) is 0. The van der Waals surface area contributed by atoms with Crippen molar-refractivity contribution in [3.8, 4) is 5.75 Å². The summed E-state index contributed by atoms with van der Waals surface area (Å²) in [4.78, 5) is 16.2. The molecule has 1 amide bonds. The zero-order chi connectivity index (χ0) is 14.2. The number of hydrogen-bond donors (Lipinski definition) is 1. The van der Waals surface area contributed by atoms with Crippen LogP contribution in [-0.4, -0.2) is 44.6 Å². The number of rotatable bonds is 3. The monoisotopic (exact) mass is 263 g/mol. The highest BCUT2D eigenvalue weighted by atomic mass is 16.5. The zero-order valence-corrected chi connectivity index (χ0v) is 11.9. The molecule has 104 valence electrons. The van der Waals surface area contributed by atoms with E-state index in [-0.39, 0.29) is 11.9 Å². The summed E-state index contributed by atoms with van der Waals surface area (Å²) >= 11 is 0. The number of hydrogen-bond acceptors (Lipinski definition) is 4. The van der Waals surface area contributed by atoms with Crippen LogP contribution in [0.5, 0.6) is 5.75 Å². The van der Waals surface area contributed by atoms with Crippen LogP contribution >= 0.6 is 0 Å². The SMILES string of the molecule is COc1cc2c(cc1N)N(C(=O)[C@H](C)N(C)C)CC2. The molecule has 19 heavy (non-hydrogen) atoms. The first-order valence-corrected chi connectivity index (χ1v) is 6.40. The number of nitrogens with zero attached hydrogens (tertiary/aromatic N) is 2. The Bertz CT molecular complexity index is 500. The summed E-state index contributed by atoms with van der Waals surface area (Å²) in [7, 11) is 5.41. The summed E-state index contributed by atoms with van der Waals surface area (Å²) in [6.07, 6.45) is 0.845. The molecule has 0 saturated carbocycles. The molecule has 2 N–H and O–H groups in total. The molecule has 5 nitrogen and oxygen atoms in total. The van der Waals surface area contributed by atoms with E-state index in [0.29, 0.717) is 18.0 Å². The van der Waals surface area contributed by atoms with Gasteiger partial charge in [-0.2, -0.15) is 0 Å². The van der Waals surface area contributed by atoms with E-state index in [4.69, 9.17) is 10.5 Å². The first kappa shape index (κ1) is 13.7. The number of carbonyl (C=O) groups excluding carboxylic acids is 1. The molecular weight excluding hydrogens is 242 g/mol. The fraction of sp³-hybridized carbons (Fsp3) is 0.500. The lowest BCUT2D eigenvalue weighted by atomic mass is 10.1. The predicted octanol–water partition coefficient (Wildman–Crippen LogP) is 1.12. The van der Waals surface area contributed by atoms with Gasteiger partial charge in [0.15, 0.2) is 0 Å². The molecule has 0 spiro atoms. The number of methoxy groups -OCH3 is 1. The summed E-state index contributed by atoms with van der Waals surface area (Å²) in [5.74, 6) is 0.780. The number of ether oxygens (including phenoxy) is 1. The van der Waals surface area contributed by atoms with Crippen LogP contribution in [0.25, 0.3) is 0 Å². The Morgan fingerprint density at radius 2 is 2.16 bits per heavy atom. The van der Waals surface area contributed by atoms with Gasteiger partial charge in [-0.25, -0.2) is 0 Å². The lowest BCUT2D eigenvalue weighted by Crippen LogP contribution is -2.43. The third kappa shape index (κ3) is 2.38. The second-order valence-corrected chi connectivity index (χ2v) is 5.10. The van der Waals surface area contributed by atoms with E-state index in [9.17, 15) is 4.79 Å². The van der Waals surface area contributed by atoms with Crippen molar-refractivity contribution in [2.75, 3.05) is 38.4 Å². The van der Waals surface area contributed by atoms with Crippen molar-refractivity contribution in [2.45, 2.75) is 19.4 Å². The zero-order valence-electron chi connectivity index (χ0n) is 11.9. The minimum atomic E-state index is -0.144. The fourth-order valence-electron chi connectivity index (χ4n) is 2.28. The molecule has 1 aliphatic heterocycles. The number of nitrogens with two attached hydrogens (primary N) is 1. The molecule has 1 heterocycles. The van der Waals surface area contributed by atoms with E-state index >= 15 is 0 Å². The summed E-state index contributed by atoms with van der Waals surface area (Å²) in [5.41, 5.74) is 8.53. The number of nitrogen functional groups attached to an aromatic ring is 1. The summed E-state index contributed by atoms with van der Waals surface area (Å²) < 4.78 is 5.21. The number of anilines is 2. The average Bonchev–Trinajstić information content (AvgIpc) is 2.78. The van der Waals surface area contributed by atoms with Crippen LogP contribution in [0.15, 0.2) is 12.1 Å². The third-order valence-corrected chi connectivity index (χ3v) is 3.72. The van der Waals surface area contributed by atoms with Gasteiger partial charge in [-0.3, -0.25) is 9.69 Å². The quantitative estimate of drug-likeness (QED) is 0.830. The molecule has 0 bridgehead atoms. The second-order valence-electron chi connectivity index (χ2n) is 5.10. The molecule has 0 unspecified atom stereocenters. The fourth-order valence-corrected chi connectivity index (χ4v) is 2.28. The van der Waals surface area contributed by atoms with E-state index < -0.39 is 0 Å². The minimum Gasteiger partial charge on any atom is -0.495 e. The maximum absolute atomic E-state index is 12.4. The van der Waals surface area contributed by atoms with Gasteiger partial charge in [-0.15, -0.1) is 0 Å². The Hall–Kier alpha value is -1.75. The first-order chi connectivity index (χ1) is 8.95. The van der Waals surface area contributed by atoms with Gasteiger partial charge in [0.1, 0.15) is 5.75 Å². The lowest BCUT2D eigenvalue weighted by molar-refractivity contribution is -0.122. The van der Waals surface area contributed by atoms with Crippen LogP contribution in [0, 0.1) is 0 Å². The molecule has 1 aromatic rings. The Morgan fingerprint density at radius 3 is 2.74 bits per heavy atom. The Kier molecular flexibility index (Phi) is 3.66. The third-order valence-electron chi connectivity index (χ3n) is 3.72. The van der Waals surface area contributed by atoms with Gasteiger partial charge >= 0.3 is 0 Å². The average molecular weight is 263 g/mol. The van der Waals surface area contributed by atoms with E-state index in [1.807, 2.05) is 43.0 Å². The molecule has 0 radical (unpaired) electrons. The van der Waals surface area contributed by atoms with Crippen molar-refractivity contribution in [2.24, 2.45) is 0 Å². The van der Waals surface area contributed by atoms with Crippen LogP contribution in [0.1, 0.15) is 12.5 Å². The van der Waals surface area contributed by atoms with E-state index in [1.54, 1.807) is 7.11 Å². The van der Waals surface area contributed by atoms with Crippen molar-refractivity contribution >= 4 is 17.3 Å². The smallest absolute Gasteiger partial charge is 0.244 e. The van der Waals surface area contributed by atoms with Gasteiger partial charge in [0, 0.05) is 12.2 Å². The van der Waals surface area contributed by atoms with Gasteiger partial charge in [-0.05, 0) is 45.1 Å². The standard InChI is InChI=1S/C14H21N3O2/c1-9(16(2)3)14(18)17-6-5-10-7-13(19-4)11(15)8-12(10)17/h7-9H,5-6,15H2,1-4H3/t9-/m0/s1. The molecular formula is C14H21N3O2. The number of amides is 1. The topological polar surface area (TPSA) is 58.8 Å². The predicted molar refractivity (Wildman–Crippen MR) is 76.6 cm³/mol. The van der Waals surface area contributed by atoms with Crippen molar-refractivity contribution in [3.63, 3.8) is 0 Å². The van der Waals surface area contributed by atoms with Gasteiger partial charge in [-0.1, -0.05) is 0 Å². The highest BCUT2D eigenvalue weighted by Gasteiger charge is 2.29. The molecule has 2 rings (SSSR count). The van der Waals surface area contributed by atoms with Crippen LogP contribution in [0.4, 0.5) is 11.4 Å². The van der Waals surface area contributed by atoms with Crippen molar-refractivity contribution in [3.05, 3.63) is 17.7 Å². The van der Waals surface area contributed by atoms with Crippen molar-refractivity contribution in [1.82, 2.24) is 4.90 Å². The molecule has 1 aromatic carbocycles. The van der Waals surface area contributed by atoms with Crippen molar-refractivity contribution in [1.29, 1.82) is 0 Å². The second kappa shape index (κ2) is 5.09. The molecule has 1 aliphatic rings. The van der Waals surface area contributed by atoms with E-state index in [1.165, 1.54) is 0 Å². The maximum atomic E-state index is 12.4. The Balaban J connectivity index is 2.32. The van der Waals surface area contributed by atoms with Gasteiger partial charge in [0.2, 0.25) is 5.91 Å². The first-order valence-electron chi connectivity index (χ1n) is 6.40. The minimum absolute atomic E-state index is 0.105. The van der Waals surface area contributed by atoms with Gasteiger partial charge < -0.3 is 15.4 Å². The van der Waals surface area contributed by atoms with Crippen LogP contribution in [0.2, 0.25) is 0 Å². The molecule has 1 atom stereocenters. The lowest BCUT2D eigenvalue weighted by Gasteiger charge is -2.26. The molecule has 0 saturated heterocycles. The number of likely N-dealkylation sites (N-methyl/N-ethyl adjacent to an activating group) is 1. The van der Waals surface area contributed by atoms with Gasteiger partial charge in [0.05, 0.1) is 18.8 Å². The Morgan fingerprint density at radius 1 is 1.47 bits per heavy atom. The number of fused-ring (bicyclic) bond motifs is 1. The maximum Gasteiger partial charge on any atom is 0.244 e. The Labute approximate surface area is 113 Å². The van der Waals surface area contributed by atoms with Gasteiger partial charge in [0.25, 0.3) is 0 Å². The van der Waals surface area contributed by atoms with Crippen molar-refractivity contribution < 1.29 is 9.53 Å². The summed E-state index contributed by atoms with van der Waals surface area (Å²) in [6, 6.07) is 3.62. The molecule has 0 aliphatic carbocycles. The van der Waals surface area contributed by atoms with Crippen LogP contribution in [0.3, 0.4) is 0 Å². The molecule has 5 heteroatoms. The molecule has 0 aromatic heterocycles. The molecule has 0 fully saturated rings. The highest BCUT2D eigenvalue weighted by Crippen LogP contribution is 2.36. The van der Waals surface area contributed by atoms with Crippen LogP contribution in [-0.2, 0) is 11.2 Å². The summed E-state index contributed by atoms with van der Waals surface area (Å²) in [6.45, 7) is 2.62. The van der Waals surface area contributed by atoms with E-state index in [2.05, 4.69) is 0 Å². The highest BCUT2D eigenvalue weighted by molar-refractivity contribution is 5.99. The normalized spacial score (nSPS) is 15.5. The van der Waals surface area contributed by atoms with E-state index in [0.717, 1.165) is 17.7 Å².